The SMILES string of the molecule is CC(C)n1nccc1NC(=O)[C@H](C)Sc1nc2ccccc2c(=O)n1C(C)C. The van der Waals surface area contributed by atoms with Gasteiger partial charge in [-0.05, 0) is 46.8 Å². The number of nitrogens with zero attached hydrogens (tertiary/aromatic N) is 4. The number of nitrogens with one attached hydrogen (secondary N) is 1. The number of aromatic nitrogens is 4. The van der Waals surface area contributed by atoms with E-state index >= 15 is 0 Å². The average Bonchev–Trinajstić information content (AvgIpc) is 3.10. The lowest BCUT2D eigenvalue weighted by molar-refractivity contribution is -0.115. The van der Waals surface area contributed by atoms with Gasteiger partial charge in [0.2, 0.25) is 5.91 Å². The van der Waals surface area contributed by atoms with Crippen LogP contribution in [0.2, 0.25) is 0 Å². The average molecular weight is 400 g/mol. The molecule has 1 aromatic carbocycles. The molecule has 0 spiro atoms. The van der Waals surface area contributed by atoms with Gasteiger partial charge in [-0.15, -0.1) is 0 Å². The fourth-order valence-corrected chi connectivity index (χ4v) is 3.97. The highest BCUT2D eigenvalue weighted by atomic mass is 32.2. The van der Waals surface area contributed by atoms with Gasteiger partial charge in [0.1, 0.15) is 5.82 Å². The Balaban J connectivity index is 1.89. The molecule has 8 heteroatoms. The van der Waals surface area contributed by atoms with Crippen LogP contribution < -0.4 is 10.9 Å². The quantitative estimate of drug-likeness (QED) is 0.503. The molecule has 0 aliphatic rings. The second-order valence-electron chi connectivity index (χ2n) is 7.18. The van der Waals surface area contributed by atoms with Crippen molar-refractivity contribution >= 4 is 34.4 Å². The molecule has 1 atom stereocenters. The summed E-state index contributed by atoms with van der Waals surface area (Å²) in [5.41, 5.74) is 0.547. The van der Waals surface area contributed by atoms with Gasteiger partial charge in [-0.3, -0.25) is 14.2 Å². The number of thioether (sulfide) groups is 1. The van der Waals surface area contributed by atoms with E-state index in [-0.39, 0.29) is 23.6 Å². The van der Waals surface area contributed by atoms with E-state index in [0.717, 1.165) is 0 Å². The van der Waals surface area contributed by atoms with Gasteiger partial charge in [0.25, 0.3) is 5.56 Å². The Morgan fingerprint density at radius 2 is 1.79 bits per heavy atom. The van der Waals surface area contributed by atoms with Crippen LogP contribution in [0.25, 0.3) is 10.9 Å². The molecule has 148 valence electrons. The first-order valence-electron chi connectivity index (χ1n) is 9.32. The molecule has 0 unspecified atom stereocenters. The first-order chi connectivity index (χ1) is 13.3. The third-order valence-corrected chi connectivity index (χ3v) is 5.42. The number of carbonyl (C=O) groups excluding carboxylic acids is 1. The Morgan fingerprint density at radius 3 is 2.46 bits per heavy atom. The van der Waals surface area contributed by atoms with Crippen LogP contribution in [-0.2, 0) is 4.79 Å². The van der Waals surface area contributed by atoms with Gasteiger partial charge in [-0.25, -0.2) is 9.67 Å². The monoisotopic (exact) mass is 399 g/mol. The molecule has 2 aromatic heterocycles. The molecule has 2 heterocycles. The summed E-state index contributed by atoms with van der Waals surface area (Å²) in [6.45, 7) is 9.69. The summed E-state index contributed by atoms with van der Waals surface area (Å²) in [4.78, 5) is 30.3. The Bertz CT molecular complexity index is 1050. The molecule has 7 nitrogen and oxygen atoms in total. The highest BCUT2D eigenvalue weighted by Gasteiger charge is 2.21. The Labute approximate surface area is 168 Å². The van der Waals surface area contributed by atoms with Crippen LogP contribution in [-0.4, -0.2) is 30.5 Å². The van der Waals surface area contributed by atoms with E-state index in [9.17, 15) is 9.59 Å². The number of anilines is 1. The summed E-state index contributed by atoms with van der Waals surface area (Å²) in [6, 6.07) is 9.13. The van der Waals surface area contributed by atoms with Crippen molar-refractivity contribution in [3.05, 3.63) is 46.9 Å². The predicted octanol–water partition coefficient (Wildman–Crippen LogP) is 3.87. The summed E-state index contributed by atoms with van der Waals surface area (Å²) in [5.74, 6) is 0.491. The van der Waals surface area contributed by atoms with Gasteiger partial charge < -0.3 is 5.32 Å². The normalized spacial score (nSPS) is 12.7. The molecule has 0 saturated heterocycles. The van der Waals surface area contributed by atoms with Crippen molar-refractivity contribution in [2.75, 3.05) is 5.32 Å². The van der Waals surface area contributed by atoms with Crippen molar-refractivity contribution in [3.8, 4) is 0 Å². The van der Waals surface area contributed by atoms with Crippen LogP contribution in [0, 0.1) is 0 Å². The topological polar surface area (TPSA) is 81.8 Å². The lowest BCUT2D eigenvalue weighted by Crippen LogP contribution is -2.28. The van der Waals surface area contributed by atoms with Crippen LogP contribution in [0.3, 0.4) is 0 Å². The van der Waals surface area contributed by atoms with Crippen LogP contribution in [0.5, 0.6) is 0 Å². The zero-order chi connectivity index (χ0) is 20.4. The van der Waals surface area contributed by atoms with Gasteiger partial charge in [-0.1, -0.05) is 23.9 Å². The summed E-state index contributed by atoms with van der Waals surface area (Å²) in [5, 5.41) is 7.84. The molecule has 0 radical (unpaired) electrons. The minimum atomic E-state index is -0.437. The molecular weight excluding hydrogens is 374 g/mol. The van der Waals surface area contributed by atoms with E-state index < -0.39 is 5.25 Å². The van der Waals surface area contributed by atoms with Crippen LogP contribution in [0.15, 0.2) is 46.5 Å². The standard InChI is InChI=1S/C20H25N5O2S/c1-12(2)24-19(27)15-8-6-7-9-16(15)22-20(24)28-14(5)18(26)23-17-10-11-21-25(17)13(3)4/h6-14H,1-5H3,(H,23,26)/t14-/m0/s1. The summed E-state index contributed by atoms with van der Waals surface area (Å²) in [6.07, 6.45) is 1.66. The molecule has 1 N–H and O–H groups in total. The van der Waals surface area contributed by atoms with E-state index in [2.05, 4.69) is 15.4 Å². The Morgan fingerprint density at radius 1 is 1.07 bits per heavy atom. The predicted molar refractivity (Wildman–Crippen MR) is 113 cm³/mol. The highest BCUT2D eigenvalue weighted by Crippen LogP contribution is 2.26. The number of carbonyl (C=O) groups is 1. The maximum atomic E-state index is 12.9. The van der Waals surface area contributed by atoms with Gasteiger partial charge in [0.05, 0.1) is 22.3 Å². The Kier molecular flexibility index (Phi) is 5.88. The van der Waals surface area contributed by atoms with E-state index in [0.29, 0.717) is 21.9 Å². The summed E-state index contributed by atoms with van der Waals surface area (Å²) < 4.78 is 3.41. The van der Waals surface area contributed by atoms with Crippen LogP contribution in [0.1, 0.15) is 46.7 Å². The minimum absolute atomic E-state index is 0.0651. The summed E-state index contributed by atoms with van der Waals surface area (Å²) in [7, 11) is 0. The maximum Gasteiger partial charge on any atom is 0.262 e. The van der Waals surface area contributed by atoms with Crippen molar-refractivity contribution in [2.45, 2.75) is 57.1 Å². The van der Waals surface area contributed by atoms with E-state index in [1.54, 1.807) is 27.6 Å². The Hall–Kier alpha value is -2.61. The van der Waals surface area contributed by atoms with Crippen molar-refractivity contribution < 1.29 is 4.79 Å². The van der Waals surface area contributed by atoms with Crippen LogP contribution in [0.4, 0.5) is 5.82 Å². The van der Waals surface area contributed by atoms with Gasteiger partial charge >= 0.3 is 0 Å². The zero-order valence-corrected chi connectivity index (χ0v) is 17.5. The first kappa shape index (κ1) is 20.1. The fraction of sp³-hybridized carbons (Fsp3) is 0.400. The van der Waals surface area contributed by atoms with E-state index in [4.69, 9.17) is 0 Å². The molecular formula is C20H25N5O2S. The molecule has 28 heavy (non-hydrogen) atoms. The smallest absolute Gasteiger partial charge is 0.262 e. The van der Waals surface area contributed by atoms with Crippen LogP contribution >= 0.6 is 11.8 Å². The number of amides is 1. The molecule has 0 saturated carbocycles. The molecule has 1 amide bonds. The van der Waals surface area contributed by atoms with Crippen molar-refractivity contribution in [3.63, 3.8) is 0 Å². The third-order valence-electron chi connectivity index (χ3n) is 4.35. The van der Waals surface area contributed by atoms with Gasteiger partial charge in [0.15, 0.2) is 5.16 Å². The van der Waals surface area contributed by atoms with Crippen molar-refractivity contribution in [1.29, 1.82) is 0 Å². The number of hydrogen-bond donors (Lipinski definition) is 1. The van der Waals surface area contributed by atoms with Crippen molar-refractivity contribution in [2.24, 2.45) is 0 Å². The second kappa shape index (κ2) is 8.18. The second-order valence-corrected chi connectivity index (χ2v) is 8.49. The van der Waals surface area contributed by atoms with Gasteiger partial charge in [0, 0.05) is 18.2 Å². The molecule has 0 aliphatic heterocycles. The summed E-state index contributed by atoms with van der Waals surface area (Å²) >= 11 is 1.28. The largest absolute Gasteiger partial charge is 0.310 e. The lowest BCUT2D eigenvalue weighted by atomic mass is 10.2. The minimum Gasteiger partial charge on any atom is -0.310 e. The molecule has 3 rings (SSSR count). The molecule has 3 aromatic rings. The number of fused-ring (bicyclic) bond motifs is 1. The molecule has 0 aliphatic carbocycles. The fourth-order valence-electron chi connectivity index (χ4n) is 2.93. The van der Waals surface area contributed by atoms with Crippen molar-refractivity contribution in [1.82, 2.24) is 19.3 Å². The maximum absolute atomic E-state index is 12.9. The number of para-hydroxylation sites is 1. The molecule has 0 fully saturated rings. The van der Waals surface area contributed by atoms with E-state index in [1.807, 2.05) is 52.8 Å². The van der Waals surface area contributed by atoms with E-state index in [1.165, 1.54) is 11.8 Å². The molecule has 0 bridgehead atoms. The third kappa shape index (κ3) is 3.96. The lowest BCUT2D eigenvalue weighted by Gasteiger charge is -2.19. The number of rotatable bonds is 6. The number of hydrogen-bond acceptors (Lipinski definition) is 5. The first-order valence-corrected chi connectivity index (χ1v) is 10.2. The number of benzene rings is 1. The van der Waals surface area contributed by atoms with Gasteiger partial charge in [-0.2, -0.15) is 5.10 Å². The zero-order valence-electron chi connectivity index (χ0n) is 16.7. The highest BCUT2D eigenvalue weighted by molar-refractivity contribution is 8.00.